The highest BCUT2D eigenvalue weighted by atomic mass is 79.9. The Morgan fingerprint density at radius 2 is 1.52 bits per heavy atom. The molecule has 7 heteroatoms. The van der Waals surface area contributed by atoms with Gasteiger partial charge in [-0.2, -0.15) is 0 Å². The first-order valence-corrected chi connectivity index (χ1v) is 10.1. The van der Waals surface area contributed by atoms with Crippen LogP contribution >= 0.6 is 15.9 Å². The van der Waals surface area contributed by atoms with Crippen LogP contribution in [0.1, 0.15) is 27.5 Å². The maximum absolute atomic E-state index is 13.0. The van der Waals surface area contributed by atoms with E-state index in [4.69, 9.17) is 0 Å². The van der Waals surface area contributed by atoms with Crippen LogP contribution in [0.5, 0.6) is 0 Å². The largest absolute Gasteiger partial charge is 0.507 e. The minimum absolute atomic E-state index is 0.0147. The van der Waals surface area contributed by atoms with Gasteiger partial charge in [-0.3, -0.25) is 14.5 Å². The summed E-state index contributed by atoms with van der Waals surface area (Å²) in [6.45, 7) is 0. The number of aliphatic hydroxyl groups is 1. The van der Waals surface area contributed by atoms with E-state index >= 15 is 0 Å². The van der Waals surface area contributed by atoms with Gasteiger partial charge in [-0.05, 0) is 35.9 Å². The number of carboxylic acids is 1. The second-order valence-electron chi connectivity index (χ2n) is 6.94. The number of aromatic carboxylic acids is 1. The lowest BCUT2D eigenvalue weighted by Crippen LogP contribution is -2.29. The number of hydrogen-bond acceptors (Lipinski definition) is 4. The Bertz CT molecular complexity index is 1220. The molecule has 0 saturated carbocycles. The quantitative estimate of drug-likeness (QED) is 0.320. The Labute approximate surface area is 186 Å². The van der Waals surface area contributed by atoms with Crippen molar-refractivity contribution in [3.8, 4) is 0 Å². The van der Waals surface area contributed by atoms with Crippen LogP contribution < -0.4 is 4.90 Å². The van der Waals surface area contributed by atoms with Crippen LogP contribution in [0.2, 0.25) is 0 Å². The van der Waals surface area contributed by atoms with Gasteiger partial charge in [0.15, 0.2) is 0 Å². The smallest absolute Gasteiger partial charge is 0.335 e. The van der Waals surface area contributed by atoms with Gasteiger partial charge in [-0.25, -0.2) is 4.79 Å². The number of nitrogens with zero attached hydrogens (tertiary/aromatic N) is 1. The molecule has 0 unspecified atom stereocenters. The second-order valence-corrected chi connectivity index (χ2v) is 7.86. The number of carbonyl (C=O) groups excluding carboxylic acids is 2. The molecule has 1 amide bonds. The zero-order chi connectivity index (χ0) is 22.1. The minimum Gasteiger partial charge on any atom is -0.507 e. The first-order chi connectivity index (χ1) is 14.9. The average molecular weight is 478 g/mol. The Kier molecular flexibility index (Phi) is 5.44. The van der Waals surface area contributed by atoms with Crippen LogP contribution in [0.3, 0.4) is 0 Å². The van der Waals surface area contributed by atoms with Gasteiger partial charge in [0.05, 0.1) is 17.2 Å². The van der Waals surface area contributed by atoms with Crippen molar-refractivity contribution < 1.29 is 24.6 Å². The first kappa shape index (κ1) is 20.6. The highest BCUT2D eigenvalue weighted by Crippen LogP contribution is 2.42. The molecule has 154 valence electrons. The Balaban J connectivity index is 1.94. The van der Waals surface area contributed by atoms with Gasteiger partial charge < -0.3 is 10.2 Å². The fourth-order valence-corrected chi connectivity index (χ4v) is 3.87. The van der Waals surface area contributed by atoms with E-state index in [1.807, 2.05) is 0 Å². The Morgan fingerprint density at radius 1 is 0.839 bits per heavy atom. The maximum Gasteiger partial charge on any atom is 0.335 e. The summed E-state index contributed by atoms with van der Waals surface area (Å²) in [4.78, 5) is 38.7. The van der Waals surface area contributed by atoms with E-state index in [2.05, 4.69) is 15.9 Å². The highest BCUT2D eigenvalue weighted by molar-refractivity contribution is 9.10. The number of aliphatic hydroxyl groups excluding tert-OH is 1. The van der Waals surface area contributed by atoms with Crippen LogP contribution in [0.25, 0.3) is 5.76 Å². The molecular weight excluding hydrogens is 462 g/mol. The number of halogens is 1. The molecule has 0 spiro atoms. The van der Waals surface area contributed by atoms with Crippen molar-refractivity contribution in [2.45, 2.75) is 6.04 Å². The number of ketones is 1. The van der Waals surface area contributed by atoms with E-state index in [0.29, 0.717) is 11.1 Å². The highest BCUT2D eigenvalue weighted by Gasteiger charge is 2.47. The van der Waals surface area contributed by atoms with Crippen LogP contribution in [-0.2, 0) is 9.59 Å². The topological polar surface area (TPSA) is 94.9 Å². The molecule has 31 heavy (non-hydrogen) atoms. The number of rotatable bonds is 4. The molecule has 6 nitrogen and oxygen atoms in total. The number of carboxylic acid groups (broad SMARTS) is 1. The third-order valence-corrected chi connectivity index (χ3v) is 5.58. The van der Waals surface area contributed by atoms with Gasteiger partial charge in [-0.1, -0.05) is 64.5 Å². The molecule has 1 fully saturated rings. The number of benzene rings is 3. The van der Waals surface area contributed by atoms with Gasteiger partial charge >= 0.3 is 5.97 Å². The molecule has 3 aromatic carbocycles. The normalized spacial score (nSPS) is 17.7. The molecule has 0 aliphatic carbocycles. The van der Waals surface area contributed by atoms with Crippen molar-refractivity contribution in [1.82, 2.24) is 0 Å². The minimum atomic E-state index is -1.15. The molecule has 0 radical (unpaired) electrons. The van der Waals surface area contributed by atoms with Crippen molar-refractivity contribution >= 4 is 45.0 Å². The monoisotopic (exact) mass is 477 g/mol. The molecule has 4 rings (SSSR count). The van der Waals surface area contributed by atoms with E-state index < -0.39 is 23.7 Å². The summed E-state index contributed by atoms with van der Waals surface area (Å²) in [5.74, 6) is -3.12. The van der Waals surface area contributed by atoms with Crippen LogP contribution in [-0.4, -0.2) is 27.9 Å². The number of amides is 1. The van der Waals surface area contributed by atoms with Crippen molar-refractivity contribution in [2.75, 3.05) is 4.90 Å². The van der Waals surface area contributed by atoms with Gasteiger partial charge in [0.1, 0.15) is 5.76 Å². The SMILES string of the molecule is O=C1C(=O)N(c2cccc(C(=O)O)c2)[C@@H](c2ccccc2)C1=C(O)c1ccc(Br)cc1. The first-order valence-electron chi connectivity index (χ1n) is 9.33. The van der Waals surface area contributed by atoms with E-state index in [1.165, 1.54) is 23.1 Å². The number of Topliss-reactive ketones (excluding diaryl/α,β-unsaturated/α-hetero) is 1. The third kappa shape index (κ3) is 3.75. The average Bonchev–Trinajstić information content (AvgIpc) is 3.05. The molecule has 1 saturated heterocycles. The van der Waals surface area contributed by atoms with Gasteiger partial charge in [0.25, 0.3) is 11.7 Å². The fraction of sp³-hybridized carbons (Fsp3) is 0.0417. The lowest BCUT2D eigenvalue weighted by molar-refractivity contribution is -0.132. The van der Waals surface area contributed by atoms with E-state index in [1.54, 1.807) is 60.7 Å². The lowest BCUT2D eigenvalue weighted by Gasteiger charge is -2.25. The summed E-state index contributed by atoms with van der Waals surface area (Å²) < 4.78 is 0.801. The molecule has 2 N–H and O–H groups in total. The molecule has 0 aromatic heterocycles. The van der Waals surface area contributed by atoms with Gasteiger partial charge in [0, 0.05) is 15.7 Å². The maximum atomic E-state index is 13.0. The molecule has 1 aliphatic rings. The predicted octanol–water partition coefficient (Wildman–Crippen LogP) is 4.77. The van der Waals surface area contributed by atoms with Crippen LogP contribution in [0, 0.1) is 0 Å². The Hall–Kier alpha value is -3.71. The van der Waals surface area contributed by atoms with E-state index in [0.717, 1.165) is 4.47 Å². The number of hydrogen-bond donors (Lipinski definition) is 2. The molecule has 1 atom stereocenters. The fourth-order valence-electron chi connectivity index (χ4n) is 3.60. The standard InChI is InChI=1S/C24H16BrNO5/c25-17-11-9-15(10-12-17)21(27)19-20(14-5-2-1-3-6-14)26(23(29)22(19)28)18-8-4-7-16(13-18)24(30)31/h1-13,20,27H,(H,30,31)/t20-/m0/s1. The summed E-state index contributed by atoms with van der Waals surface area (Å²) in [5, 5.41) is 20.3. The van der Waals surface area contributed by atoms with Crippen LogP contribution in [0.4, 0.5) is 5.69 Å². The van der Waals surface area contributed by atoms with Crippen LogP contribution in [0.15, 0.2) is 88.9 Å². The second kappa shape index (κ2) is 8.20. The zero-order valence-corrected chi connectivity index (χ0v) is 17.6. The molecule has 3 aromatic rings. The summed E-state index contributed by atoms with van der Waals surface area (Å²) in [6.07, 6.45) is 0. The number of carbonyl (C=O) groups is 3. The summed E-state index contributed by atoms with van der Waals surface area (Å²) >= 11 is 3.33. The summed E-state index contributed by atoms with van der Waals surface area (Å²) in [6, 6.07) is 20.5. The van der Waals surface area contributed by atoms with Gasteiger partial charge in [-0.15, -0.1) is 0 Å². The summed E-state index contributed by atoms with van der Waals surface area (Å²) in [7, 11) is 0. The van der Waals surface area contributed by atoms with Crippen molar-refractivity contribution in [2.24, 2.45) is 0 Å². The molecular formula is C24H16BrNO5. The van der Waals surface area contributed by atoms with Crippen molar-refractivity contribution in [3.05, 3.63) is 106 Å². The van der Waals surface area contributed by atoms with Crippen molar-refractivity contribution in [3.63, 3.8) is 0 Å². The third-order valence-electron chi connectivity index (χ3n) is 5.05. The zero-order valence-electron chi connectivity index (χ0n) is 16.0. The lowest BCUT2D eigenvalue weighted by atomic mass is 9.95. The summed E-state index contributed by atoms with van der Waals surface area (Å²) in [5.41, 5.74) is 1.19. The van der Waals surface area contributed by atoms with E-state index in [9.17, 15) is 24.6 Å². The van der Waals surface area contributed by atoms with Crippen molar-refractivity contribution in [1.29, 1.82) is 0 Å². The number of anilines is 1. The predicted molar refractivity (Wildman–Crippen MR) is 119 cm³/mol. The molecule has 0 bridgehead atoms. The van der Waals surface area contributed by atoms with Gasteiger partial charge in [0.2, 0.25) is 0 Å². The molecule has 1 heterocycles. The van der Waals surface area contributed by atoms with E-state index in [-0.39, 0.29) is 22.6 Å². The Morgan fingerprint density at radius 3 is 2.16 bits per heavy atom. The molecule has 1 aliphatic heterocycles.